The molecule has 0 aromatic heterocycles. The van der Waals surface area contributed by atoms with E-state index in [1.54, 1.807) is 25.3 Å². The number of benzene rings is 2. The second kappa shape index (κ2) is 9.68. The number of allylic oxidation sites excluding steroid dienone is 1. The Bertz CT molecular complexity index is 959. The molecule has 8 heteroatoms. The molecule has 29 heavy (non-hydrogen) atoms. The number of carbonyl (C=O) groups is 1. The van der Waals surface area contributed by atoms with E-state index in [1.807, 2.05) is 6.92 Å². The molecule has 2 aromatic rings. The number of hydrogen-bond acceptors (Lipinski definition) is 4. The Morgan fingerprint density at radius 1 is 1.14 bits per heavy atom. The average Bonchev–Trinajstić information content (AvgIpc) is 2.70. The van der Waals surface area contributed by atoms with Gasteiger partial charge in [-0.25, -0.2) is 9.18 Å². The third kappa shape index (κ3) is 4.90. The quantitative estimate of drug-likeness (QED) is 0.635. The van der Waals surface area contributed by atoms with E-state index in [4.69, 9.17) is 9.47 Å². The number of rotatable bonds is 7. The zero-order chi connectivity index (χ0) is 21.6. The first kappa shape index (κ1) is 21.9. The van der Waals surface area contributed by atoms with Crippen molar-refractivity contribution < 1.29 is 23.0 Å². The van der Waals surface area contributed by atoms with Gasteiger partial charge in [0.05, 0.1) is 25.6 Å². The summed E-state index contributed by atoms with van der Waals surface area (Å²) in [4.78, 5) is 16.6. The van der Waals surface area contributed by atoms with Crippen molar-refractivity contribution in [3.8, 4) is 11.5 Å². The third-order valence-electron chi connectivity index (χ3n) is 4.10. The van der Waals surface area contributed by atoms with Gasteiger partial charge in [-0.2, -0.15) is 4.39 Å². The van der Waals surface area contributed by atoms with Crippen LogP contribution in [0.5, 0.6) is 11.5 Å². The molecular formula is C21H23F2N3O3. The van der Waals surface area contributed by atoms with Crippen LogP contribution in [0.3, 0.4) is 0 Å². The minimum Gasteiger partial charge on any atom is -0.496 e. The molecule has 154 valence electrons. The molecule has 0 atom stereocenters. The van der Waals surface area contributed by atoms with Gasteiger partial charge in [0.2, 0.25) is 5.82 Å². The van der Waals surface area contributed by atoms with Gasteiger partial charge < -0.3 is 20.1 Å². The van der Waals surface area contributed by atoms with E-state index in [0.717, 1.165) is 11.1 Å². The lowest BCUT2D eigenvalue weighted by Gasteiger charge is -2.17. The number of anilines is 1. The van der Waals surface area contributed by atoms with Crippen LogP contribution in [0.4, 0.5) is 25.0 Å². The highest BCUT2D eigenvalue weighted by atomic mass is 19.2. The predicted octanol–water partition coefficient (Wildman–Crippen LogP) is 5.06. The minimum absolute atomic E-state index is 0.0600. The summed E-state index contributed by atoms with van der Waals surface area (Å²) in [5.74, 6) is -2.10. The van der Waals surface area contributed by atoms with Crippen LogP contribution in [0.25, 0.3) is 5.57 Å². The third-order valence-corrected chi connectivity index (χ3v) is 4.10. The Kier molecular flexibility index (Phi) is 7.30. The van der Waals surface area contributed by atoms with Crippen molar-refractivity contribution in [1.82, 2.24) is 5.32 Å². The van der Waals surface area contributed by atoms with Crippen molar-refractivity contribution in [1.29, 1.82) is 0 Å². The van der Waals surface area contributed by atoms with Crippen molar-refractivity contribution in [2.45, 2.75) is 20.4 Å². The molecule has 2 rings (SSSR count). The molecule has 2 amide bonds. The maximum absolute atomic E-state index is 14.1. The fraction of sp³-hybridized carbons (Fsp3) is 0.238. The molecule has 0 aliphatic rings. The highest BCUT2D eigenvalue weighted by Crippen LogP contribution is 2.35. The maximum Gasteiger partial charge on any atom is 0.319 e. The van der Waals surface area contributed by atoms with Gasteiger partial charge in [-0.3, -0.25) is 4.99 Å². The van der Waals surface area contributed by atoms with Gasteiger partial charge >= 0.3 is 6.03 Å². The normalized spacial score (nSPS) is 10.7. The second-order valence-electron chi connectivity index (χ2n) is 6.06. The minimum atomic E-state index is -1.21. The molecular weight excluding hydrogens is 380 g/mol. The van der Waals surface area contributed by atoms with Crippen molar-refractivity contribution in [3.63, 3.8) is 0 Å². The average molecular weight is 403 g/mol. The first-order valence-corrected chi connectivity index (χ1v) is 8.75. The van der Waals surface area contributed by atoms with Gasteiger partial charge in [0.25, 0.3) is 0 Å². The van der Waals surface area contributed by atoms with E-state index in [2.05, 4.69) is 22.2 Å². The van der Waals surface area contributed by atoms with E-state index in [9.17, 15) is 13.6 Å². The van der Waals surface area contributed by atoms with E-state index in [-0.39, 0.29) is 18.0 Å². The Balaban J connectivity index is 2.25. The zero-order valence-corrected chi connectivity index (χ0v) is 16.7. The molecule has 0 spiro atoms. The van der Waals surface area contributed by atoms with Crippen molar-refractivity contribution in [2.24, 2.45) is 4.99 Å². The monoisotopic (exact) mass is 403 g/mol. The lowest BCUT2D eigenvalue weighted by atomic mass is 9.98. The van der Waals surface area contributed by atoms with Gasteiger partial charge in [0.1, 0.15) is 5.75 Å². The van der Waals surface area contributed by atoms with Crippen molar-refractivity contribution in [3.05, 3.63) is 53.6 Å². The van der Waals surface area contributed by atoms with E-state index in [0.29, 0.717) is 17.0 Å². The summed E-state index contributed by atoms with van der Waals surface area (Å²) in [7, 11) is 2.74. The largest absolute Gasteiger partial charge is 0.496 e. The summed E-state index contributed by atoms with van der Waals surface area (Å²) in [5, 5.41) is 4.90. The number of hydrogen-bond donors (Lipinski definition) is 2. The molecule has 0 saturated heterocycles. The summed E-state index contributed by atoms with van der Waals surface area (Å²) in [5.41, 5.74) is 2.52. The number of urea groups is 1. The number of halogens is 2. The number of aliphatic imine (C=N–C) groups is 1. The second-order valence-corrected chi connectivity index (χ2v) is 6.06. The number of ether oxygens (including phenoxy) is 2. The van der Waals surface area contributed by atoms with Crippen LogP contribution in [0.1, 0.15) is 25.0 Å². The van der Waals surface area contributed by atoms with E-state index >= 15 is 0 Å². The van der Waals surface area contributed by atoms with Gasteiger partial charge in [-0.15, -0.1) is 0 Å². The summed E-state index contributed by atoms with van der Waals surface area (Å²) in [6.45, 7) is 7.65. The number of amides is 2. The Hall–Kier alpha value is -3.42. The van der Waals surface area contributed by atoms with Crippen LogP contribution in [0.15, 0.2) is 35.8 Å². The molecule has 2 N–H and O–H groups in total. The molecule has 0 unspecified atom stereocenters. The van der Waals surface area contributed by atoms with E-state index in [1.165, 1.54) is 26.4 Å². The van der Waals surface area contributed by atoms with Gasteiger partial charge in [-0.05, 0) is 43.7 Å². The van der Waals surface area contributed by atoms with Crippen LogP contribution in [0, 0.1) is 11.6 Å². The number of methoxy groups -OCH3 is 2. The van der Waals surface area contributed by atoms with Crippen LogP contribution >= 0.6 is 0 Å². The molecule has 0 aliphatic heterocycles. The molecule has 0 bridgehead atoms. The SMILES string of the molecule is C=C(C)c1c(N=CC)ccc(OC)c1CNC(=O)Nc1ccc(OC)c(F)c1F. The number of nitrogens with one attached hydrogen (secondary N) is 2. The molecule has 2 aromatic carbocycles. The summed E-state index contributed by atoms with van der Waals surface area (Å²) in [6, 6.07) is 5.26. The highest BCUT2D eigenvalue weighted by molar-refractivity contribution is 5.90. The molecule has 0 heterocycles. The van der Waals surface area contributed by atoms with Crippen molar-refractivity contribution in [2.75, 3.05) is 19.5 Å². The number of nitrogens with zero attached hydrogens (tertiary/aromatic N) is 1. The summed E-state index contributed by atoms with van der Waals surface area (Å²) < 4.78 is 38.0. The van der Waals surface area contributed by atoms with Gasteiger partial charge in [0, 0.05) is 23.9 Å². The first-order chi connectivity index (χ1) is 13.8. The molecule has 0 saturated carbocycles. The fourth-order valence-corrected chi connectivity index (χ4v) is 2.83. The van der Waals surface area contributed by atoms with E-state index < -0.39 is 17.7 Å². The van der Waals surface area contributed by atoms with Gasteiger partial charge in [0.15, 0.2) is 11.6 Å². The smallest absolute Gasteiger partial charge is 0.319 e. The predicted molar refractivity (Wildman–Crippen MR) is 110 cm³/mol. The fourth-order valence-electron chi connectivity index (χ4n) is 2.83. The Morgan fingerprint density at radius 2 is 1.79 bits per heavy atom. The highest BCUT2D eigenvalue weighted by Gasteiger charge is 2.18. The van der Waals surface area contributed by atoms with Crippen molar-refractivity contribution >= 4 is 29.2 Å². The Morgan fingerprint density at radius 3 is 2.38 bits per heavy atom. The molecule has 0 aliphatic carbocycles. The van der Waals surface area contributed by atoms with Crippen LogP contribution < -0.4 is 20.1 Å². The molecule has 6 nitrogen and oxygen atoms in total. The molecule has 0 fully saturated rings. The van der Waals surface area contributed by atoms with Crippen LogP contribution in [-0.2, 0) is 6.54 Å². The topological polar surface area (TPSA) is 72.0 Å². The standard InChI is InChI=1S/C21H23F2N3O3/c1-6-24-14-7-9-16(28-4)13(18(14)12(2)3)11-25-21(27)26-15-8-10-17(29-5)20(23)19(15)22/h6-10H,2,11H2,1,3-5H3,(H2,25,26,27). The van der Waals surface area contributed by atoms with Crippen LogP contribution in [0.2, 0.25) is 0 Å². The lowest BCUT2D eigenvalue weighted by molar-refractivity contribution is 0.251. The molecule has 0 radical (unpaired) electrons. The first-order valence-electron chi connectivity index (χ1n) is 8.75. The van der Waals surface area contributed by atoms with Gasteiger partial charge in [-0.1, -0.05) is 6.58 Å². The zero-order valence-electron chi connectivity index (χ0n) is 16.7. The maximum atomic E-state index is 14.1. The number of carbonyl (C=O) groups excluding carboxylic acids is 1. The Labute approximate surface area is 168 Å². The summed E-state index contributed by atoms with van der Waals surface area (Å²) in [6.07, 6.45) is 1.65. The van der Waals surface area contributed by atoms with Crippen LogP contribution in [-0.4, -0.2) is 26.5 Å². The lowest BCUT2D eigenvalue weighted by Crippen LogP contribution is -2.29. The summed E-state index contributed by atoms with van der Waals surface area (Å²) >= 11 is 0.